The Balaban J connectivity index is 1.40. The predicted octanol–water partition coefficient (Wildman–Crippen LogP) is 3.04. The number of rotatable bonds is 7. The van der Waals surface area contributed by atoms with Gasteiger partial charge in [0.05, 0.1) is 11.4 Å². The lowest BCUT2D eigenvalue weighted by Crippen LogP contribution is -2.26. The Hall–Kier alpha value is -3.69. The van der Waals surface area contributed by atoms with Crippen molar-refractivity contribution in [3.63, 3.8) is 0 Å². The second-order valence-corrected chi connectivity index (χ2v) is 9.16. The van der Waals surface area contributed by atoms with Crippen molar-refractivity contribution in [2.24, 2.45) is 0 Å². The maximum atomic E-state index is 13.0. The molecule has 2 heterocycles. The summed E-state index contributed by atoms with van der Waals surface area (Å²) < 4.78 is 32.8. The number of anilines is 1. The Morgan fingerprint density at radius 2 is 1.78 bits per heavy atom. The number of fused-ring (bicyclic) bond motifs is 1. The highest BCUT2D eigenvalue weighted by Crippen LogP contribution is 2.32. The van der Waals surface area contributed by atoms with Gasteiger partial charge in [-0.15, -0.1) is 0 Å². The van der Waals surface area contributed by atoms with Crippen LogP contribution in [-0.2, 0) is 34.5 Å². The van der Waals surface area contributed by atoms with Crippen LogP contribution in [0.4, 0.5) is 5.88 Å². The molecule has 8 nitrogen and oxygen atoms in total. The van der Waals surface area contributed by atoms with Crippen molar-refractivity contribution in [1.29, 1.82) is 0 Å². The number of sulfonamides is 1. The Bertz CT molecular complexity index is 1240. The molecule has 0 aliphatic carbocycles. The van der Waals surface area contributed by atoms with Crippen LogP contribution in [0.2, 0.25) is 0 Å². The van der Waals surface area contributed by atoms with Gasteiger partial charge < -0.3 is 9.73 Å². The van der Waals surface area contributed by atoms with Crippen molar-refractivity contribution >= 4 is 27.7 Å². The van der Waals surface area contributed by atoms with E-state index in [4.69, 9.17) is 4.42 Å². The quantitative estimate of drug-likeness (QED) is 0.537. The smallest absolute Gasteiger partial charge is 0.251 e. The minimum Gasteiger partial charge on any atom is -0.444 e. The predicted molar refractivity (Wildman–Crippen MR) is 118 cm³/mol. The summed E-state index contributed by atoms with van der Waals surface area (Å²) in [6, 6.07) is 16.9. The number of hydrogen-bond acceptors (Lipinski definition) is 5. The molecule has 32 heavy (non-hydrogen) atoms. The fraction of sp³-hybridized carbons (Fsp3) is 0.130. The van der Waals surface area contributed by atoms with Crippen LogP contribution in [0, 0.1) is 0 Å². The molecule has 2 aromatic carbocycles. The maximum absolute atomic E-state index is 13.0. The van der Waals surface area contributed by atoms with Crippen molar-refractivity contribution in [1.82, 2.24) is 9.62 Å². The van der Waals surface area contributed by atoms with Crippen LogP contribution in [0.5, 0.6) is 0 Å². The molecule has 0 fully saturated rings. The molecule has 0 atom stereocenters. The van der Waals surface area contributed by atoms with E-state index >= 15 is 0 Å². The van der Waals surface area contributed by atoms with Crippen LogP contribution in [0.25, 0.3) is 0 Å². The number of carbonyl (C=O) groups excluding carboxylic acids is 2. The molecule has 9 heteroatoms. The van der Waals surface area contributed by atoms with Gasteiger partial charge in [0.15, 0.2) is 5.88 Å². The fourth-order valence-corrected chi connectivity index (χ4v) is 4.73. The zero-order chi connectivity index (χ0) is 22.7. The minimum atomic E-state index is -3.78. The molecule has 4 rings (SSSR count). The lowest BCUT2D eigenvalue weighted by molar-refractivity contribution is -0.112. The summed E-state index contributed by atoms with van der Waals surface area (Å²) in [6.45, 7) is 3.94. The van der Waals surface area contributed by atoms with Gasteiger partial charge in [-0.05, 0) is 35.9 Å². The Labute approximate surface area is 185 Å². The maximum Gasteiger partial charge on any atom is 0.251 e. The molecule has 1 aliphatic heterocycles. The molecule has 0 saturated heterocycles. The van der Waals surface area contributed by atoms with Crippen molar-refractivity contribution in [2.45, 2.75) is 24.5 Å². The van der Waals surface area contributed by atoms with E-state index in [1.807, 2.05) is 30.3 Å². The molecule has 3 aromatic rings. The monoisotopic (exact) mass is 451 g/mol. The molecule has 2 N–H and O–H groups in total. The van der Waals surface area contributed by atoms with Crippen molar-refractivity contribution < 1.29 is 22.4 Å². The zero-order valence-corrected chi connectivity index (χ0v) is 17.9. The third-order valence-electron chi connectivity index (χ3n) is 5.05. The van der Waals surface area contributed by atoms with Gasteiger partial charge in [-0.2, -0.15) is 4.31 Å². The highest BCUT2D eigenvalue weighted by atomic mass is 32.2. The average Bonchev–Trinajstić information content (AvgIpc) is 3.37. The summed E-state index contributed by atoms with van der Waals surface area (Å²) in [7, 11) is -3.78. The molecule has 164 valence electrons. The van der Waals surface area contributed by atoms with Crippen LogP contribution in [0.3, 0.4) is 0 Å². The van der Waals surface area contributed by atoms with E-state index < -0.39 is 15.9 Å². The number of nitrogens with zero attached hydrogens (tertiary/aromatic N) is 1. The lowest BCUT2D eigenvalue weighted by Gasteiger charge is -2.16. The first kappa shape index (κ1) is 21.5. The SMILES string of the molecule is C=CC(=O)Nc1cc2c(o1)CN(S(=O)(=O)c1ccc(C(=O)NCc3ccccc3)cc1)C2. The highest BCUT2D eigenvalue weighted by molar-refractivity contribution is 7.89. The van der Waals surface area contributed by atoms with Crippen LogP contribution in [-0.4, -0.2) is 24.5 Å². The molecule has 1 aromatic heterocycles. The summed E-state index contributed by atoms with van der Waals surface area (Å²) in [5, 5.41) is 5.33. The number of furan rings is 1. The first-order chi connectivity index (χ1) is 15.4. The van der Waals surface area contributed by atoms with Gasteiger partial charge in [0.2, 0.25) is 15.9 Å². The van der Waals surface area contributed by atoms with Crippen molar-refractivity contribution in [3.05, 3.63) is 95.8 Å². The summed E-state index contributed by atoms with van der Waals surface area (Å²) in [6.07, 6.45) is 1.12. The zero-order valence-electron chi connectivity index (χ0n) is 17.1. The summed E-state index contributed by atoms with van der Waals surface area (Å²) in [5.41, 5.74) is 2.03. The van der Waals surface area contributed by atoms with Crippen LogP contribution in [0.1, 0.15) is 27.2 Å². The van der Waals surface area contributed by atoms with E-state index in [0.29, 0.717) is 23.4 Å². The van der Waals surface area contributed by atoms with Crippen LogP contribution >= 0.6 is 0 Å². The fourth-order valence-electron chi connectivity index (χ4n) is 3.35. The number of benzene rings is 2. The largest absolute Gasteiger partial charge is 0.444 e. The molecule has 0 unspecified atom stereocenters. The second kappa shape index (κ2) is 8.81. The third kappa shape index (κ3) is 4.48. The highest BCUT2D eigenvalue weighted by Gasteiger charge is 2.33. The second-order valence-electron chi connectivity index (χ2n) is 7.22. The normalized spacial score (nSPS) is 13.4. The van der Waals surface area contributed by atoms with Gasteiger partial charge in [0.1, 0.15) is 5.76 Å². The number of carbonyl (C=O) groups is 2. The Morgan fingerprint density at radius 1 is 1.06 bits per heavy atom. The van der Waals surface area contributed by atoms with E-state index in [1.54, 1.807) is 6.07 Å². The van der Waals surface area contributed by atoms with Crippen molar-refractivity contribution in [2.75, 3.05) is 5.32 Å². The third-order valence-corrected chi connectivity index (χ3v) is 6.85. The van der Waals surface area contributed by atoms with Gasteiger partial charge in [-0.25, -0.2) is 8.42 Å². The van der Waals surface area contributed by atoms with E-state index in [2.05, 4.69) is 17.2 Å². The van der Waals surface area contributed by atoms with Gasteiger partial charge in [0, 0.05) is 30.3 Å². The topological polar surface area (TPSA) is 109 Å². The molecule has 2 amide bonds. The van der Waals surface area contributed by atoms with Gasteiger partial charge in [-0.1, -0.05) is 36.9 Å². The summed E-state index contributed by atoms with van der Waals surface area (Å²) >= 11 is 0. The van der Waals surface area contributed by atoms with Crippen LogP contribution < -0.4 is 10.6 Å². The Kier molecular flexibility index (Phi) is 5.93. The number of nitrogens with one attached hydrogen (secondary N) is 2. The van der Waals surface area contributed by atoms with Crippen LogP contribution in [0.15, 0.2) is 82.6 Å². The number of amides is 2. The molecule has 0 saturated carbocycles. The van der Waals surface area contributed by atoms with Gasteiger partial charge in [-0.3, -0.25) is 14.9 Å². The van der Waals surface area contributed by atoms with Crippen molar-refractivity contribution in [3.8, 4) is 0 Å². The first-order valence-corrected chi connectivity index (χ1v) is 11.3. The van der Waals surface area contributed by atoms with E-state index in [1.165, 1.54) is 28.6 Å². The molecular formula is C23H21N3O5S. The van der Waals surface area contributed by atoms with Gasteiger partial charge >= 0.3 is 0 Å². The standard InChI is InChI=1S/C23H21N3O5S/c1-2-21(27)25-22-12-18-14-26(15-20(18)31-22)32(29,30)19-10-8-17(9-11-19)23(28)24-13-16-6-4-3-5-7-16/h2-12H,1,13-15H2,(H,24,28)(H,25,27). The summed E-state index contributed by atoms with van der Waals surface area (Å²) in [5.74, 6) is 0.0368. The number of hydrogen-bond donors (Lipinski definition) is 2. The molecule has 0 spiro atoms. The van der Waals surface area contributed by atoms with Gasteiger partial charge in [0.25, 0.3) is 5.91 Å². The molecule has 0 bridgehead atoms. The minimum absolute atomic E-state index is 0.0565. The van der Waals surface area contributed by atoms with E-state index in [9.17, 15) is 18.0 Å². The molecule has 1 aliphatic rings. The first-order valence-electron chi connectivity index (χ1n) is 9.84. The summed E-state index contributed by atoms with van der Waals surface area (Å²) in [4.78, 5) is 23.8. The molecular weight excluding hydrogens is 430 g/mol. The van der Waals surface area contributed by atoms with E-state index in [-0.39, 0.29) is 29.8 Å². The lowest BCUT2D eigenvalue weighted by atomic mass is 10.2. The van der Waals surface area contributed by atoms with E-state index in [0.717, 1.165) is 11.6 Å². The average molecular weight is 452 g/mol. The Morgan fingerprint density at radius 3 is 2.44 bits per heavy atom. The molecule has 0 radical (unpaired) electrons.